The van der Waals surface area contributed by atoms with Crippen LogP contribution in [-0.4, -0.2) is 25.2 Å². The Morgan fingerprint density at radius 2 is 1.05 bits per heavy atom. The molecular formula is C14H20N4O2. The molecule has 0 amide bonds. The highest BCUT2D eigenvalue weighted by Gasteiger charge is 1.87. The number of unbranched alkanes of at least 4 members (excludes halogenated alkanes) is 6. The van der Waals surface area contributed by atoms with E-state index < -0.39 is 0 Å². The van der Waals surface area contributed by atoms with Crippen LogP contribution in [0.3, 0.4) is 0 Å². The largest absolute Gasteiger partial charge is 0.234 e. The van der Waals surface area contributed by atoms with Gasteiger partial charge in [0.15, 0.2) is 0 Å². The molecule has 6 nitrogen and oxygen atoms in total. The van der Waals surface area contributed by atoms with E-state index in [0.717, 1.165) is 38.5 Å². The molecule has 0 bridgehead atoms. The standard InChI is InChI=1S/C8H12N2O2.C6H8N2/c11-7-9-5-3-1-2-4-6-10-8-12;7-5-3-1-2-4-6-8/h1-6H2;1-4H2. The zero-order chi connectivity index (χ0) is 15.3. The quantitative estimate of drug-likeness (QED) is 0.347. The molecule has 0 aliphatic carbocycles. The number of aliphatic imine (C=N–C) groups is 2. The summed E-state index contributed by atoms with van der Waals surface area (Å²) in [5, 5.41) is 16.1. The average Bonchev–Trinajstić information content (AvgIpc) is 2.47. The second kappa shape index (κ2) is 22.0. The van der Waals surface area contributed by atoms with Crippen LogP contribution in [-0.2, 0) is 9.59 Å². The van der Waals surface area contributed by atoms with Gasteiger partial charge >= 0.3 is 0 Å². The first-order valence-corrected chi connectivity index (χ1v) is 6.64. The molecule has 0 atom stereocenters. The van der Waals surface area contributed by atoms with Gasteiger partial charge in [-0.2, -0.15) is 10.5 Å². The first-order chi connectivity index (χ1) is 9.83. The van der Waals surface area contributed by atoms with Crippen molar-refractivity contribution in [2.24, 2.45) is 9.98 Å². The van der Waals surface area contributed by atoms with Gasteiger partial charge in [-0.1, -0.05) is 12.8 Å². The van der Waals surface area contributed by atoms with Crippen LogP contribution in [0.1, 0.15) is 51.4 Å². The van der Waals surface area contributed by atoms with E-state index in [1.165, 1.54) is 12.2 Å². The van der Waals surface area contributed by atoms with E-state index in [-0.39, 0.29) is 0 Å². The minimum atomic E-state index is 0.556. The molecule has 0 aromatic rings. The van der Waals surface area contributed by atoms with Gasteiger partial charge in [0.1, 0.15) is 0 Å². The molecule has 108 valence electrons. The third-order valence-corrected chi connectivity index (χ3v) is 2.25. The lowest BCUT2D eigenvalue weighted by Gasteiger charge is -1.93. The second-order valence-electron chi connectivity index (χ2n) is 3.88. The molecule has 0 aromatic heterocycles. The van der Waals surface area contributed by atoms with E-state index in [0.29, 0.717) is 25.9 Å². The van der Waals surface area contributed by atoms with Crippen LogP contribution in [0.4, 0.5) is 0 Å². The predicted octanol–water partition coefficient (Wildman–Crippen LogP) is 2.81. The lowest BCUT2D eigenvalue weighted by atomic mass is 10.2. The Balaban J connectivity index is 0. The summed E-state index contributed by atoms with van der Waals surface area (Å²) >= 11 is 0. The maximum absolute atomic E-state index is 9.63. The van der Waals surface area contributed by atoms with Crippen LogP contribution in [0, 0.1) is 22.7 Å². The van der Waals surface area contributed by atoms with Gasteiger partial charge in [-0.15, -0.1) is 0 Å². The molecule has 20 heavy (non-hydrogen) atoms. The van der Waals surface area contributed by atoms with Crippen molar-refractivity contribution in [1.82, 2.24) is 0 Å². The van der Waals surface area contributed by atoms with Gasteiger partial charge in [-0.25, -0.2) is 19.6 Å². The molecule has 0 aliphatic rings. The van der Waals surface area contributed by atoms with Crippen molar-refractivity contribution in [3.8, 4) is 12.1 Å². The van der Waals surface area contributed by atoms with Crippen molar-refractivity contribution < 1.29 is 9.59 Å². The molecule has 0 saturated heterocycles. The molecule has 0 heterocycles. The number of carbonyl (C=O) groups excluding carboxylic acids is 2. The summed E-state index contributed by atoms with van der Waals surface area (Å²) in [6, 6.07) is 4.03. The third-order valence-electron chi connectivity index (χ3n) is 2.25. The molecular weight excluding hydrogens is 256 g/mol. The third kappa shape index (κ3) is 24.8. The second-order valence-corrected chi connectivity index (χ2v) is 3.88. The molecule has 0 saturated carbocycles. The minimum absolute atomic E-state index is 0.556. The summed E-state index contributed by atoms with van der Waals surface area (Å²) < 4.78 is 0. The average molecular weight is 276 g/mol. The molecule has 0 aliphatic heterocycles. The number of nitriles is 2. The first kappa shape index (κ1) is 20.1. The normalized spacial score (nSPS) is 7.90. The maximum Gasteiger partial charge on any atom is 0.234 e. The van der Waals surface area contributed by atoms with Crippen molar-refractivity contribution in [2.75, 3.05) is 13.1 Å². The first-order valence-electron chi connectivity index (χ1n) is 6.64. The van der Waals surface area contributed by atoms with Crippen LogP contribution >= 0.6 is 0 Å². The van der Waals surface area contributed by atoms with E-state index in [1.54, 1.807) is 0 Å². The molecule has 0 N–H and O–H groups in total. The zero-order valence-electron chi connectivity index (χ0n) is 11.7. The van der Waals surface area contributed by atoms with E-state index >= 15 is 0 Å². The van der Waals surface area contributed by atoms with Crippen molar-refractivity contribution in [1.29, 1.82) is 10.5 Å². The lowest BCUT2D eigenvalue weighted by Crippen LogP contribution is -1.84. The zero-order valence-corrected chi connectivity index (χ0v) is 11.7. The summed E-state index contributed by atoms with van der Waals surface area (Å²) in [5.74, 6) is 0. The highest BCUT2D eigenvalue weighted by atomic mass is 16.1. The van der Waals surface area contributed by atoms with Crippen molar-refractivity contribution in [3.63, 3.8) is 0 Å². The number of nitrogens with zero attached hydrogens (tertiary/aromatic N) is 4. The maximum atomic E-state index is 9.63. The Morgan fingerprint density at radius 3 is 1.35 bits per heavy atom. The molecule has 0 spiro atoms. The summed E-state index contributed by atoms with van der Waals surface area (Å²) in [6.07, 6.45) is 9.70. The summed E-state index contributed by atoms with van der Waals surface area (Å²) in [4.78, 5) is 26.1. The van der Waals surface area contributed by atoms with Gasteiger partial charge in [0.25, 0.3) is 0 Å². The lowest BCUT2D eigenvalue weighted by molar-refractivity contribution is 0.558. The smallest absolute Gasteiger partial charge is 0.211 e. The number of rotatable bonds is 10. The van der Waals surface area contributed by atoms with E-state index in [9.17, 15) is 9.59 Å². The van der Waals surface area contributed by atoms with E-state index in [1.807, 2.05) is 12.1 Å². The van der Waals surface area contributed by atoms with Crippen molar-refractivity contribution >= 4 is 12.2 Å². The fraction of sp³-hybridized carbons (Fsp3) is 0.714. The van der Waals surface area contributed by atoms with Gasteiger partial charge in [-0.3, -0.25) is 0 Å². The highest BCUT2D eigenvalue weighted by molar-refractivity contribution is 5.32. The Kier molecular flexibility index (Phi) is 22.0. The summed E-state index contributed by atoms with van der Waals surface area (Å²) in [7, 11) is 0. The number of hydrogen-bond acceptors (Lipinski definition) is 6. The molecule has 0 unspecified atom stereocenters. The summed E-state index contributed by atoms with van der Waals surface area (Å²) in [5.41, 5.74) is 0. The summed E-state index contributed by atoms with van der Waals surface area (Å²) in [6.45, 7) is 1.11. The minimum Gasteiger partial charge on any atom is -0.211 e. The Morgan fingerprint density at radius 1 is 0.650 bits per heavy atom. The van der Waals surface area contributed by atoms with Gasteiger partial charge in [0.05, 0.1) is 25.2 Å². The van der Waals surface area contributed by atoms with Crippen LogP contribution in [0.25, 0.3) is 0 Å². The Hall–Kier alpha value is -2.26. The Bertz CT molecular complexity index is 345. The van der Waals surface area contributed by atoms with Crippen LogP contribution in [0.15, 0.2) is 9.98 Å². The molecule has 0 radical (unpaired) electrons. The van der Waals surface area contributed by atoms with Crippen molar-refractivity contribution in [3.05, 3.63) is 0 Å². The molecule has 0 fully saturated rings. The van der Waals surface area contributed by atoms with Crippen molar-refractivity contribution in [2.45, 2.75) is 51.4 Å². The van der Waals surface area contributed by atoms with Crippen LogP contribution in [0.2, 0.25) is 0 Å². The number of hydrogen-bond donors (Lipinski definition) is 0. The predicted molar refractivity (Wildman–Crippen MR) is 74.1 cm³/mol. The highest BCUT2D eigenvalue weighted by Crippen LogP contribution is 1.99. The Labute approximate surface area is 119 Å². The topological polar surface area (TPSA) is 106 Å². The van der Waals surface area contributed by atoms with Gasteiger partial charge in [0.2, 0.25) is 12.2 Å². The van der Waals surface area contributed by atoms with E-state index in [4.69, 9.17) is 10.5 Å². The van der Waals surface area contributed by atoms with Crippen LogP contribution < -0.4 is 0 Å². The van der Waals surface area contributed by atoms with Crippen LogP contribution in [0.5, 0.6) is 0 Å². The molecule has 6 heteroatoms. The van der Waals surface area contributed by atoms with Gasteiger partial charge in [0, 0.05) is 12.8 Å². The SMILES string of the molecule is N#CCCCCC#N.O=C=NCCCCCCN=C=O. The number of isocyanates is 2. The fourth-order valence-electron chi connectivity index (χ4n) is 1.23. The fourth-order valence-corrected chi connectivity index (χ4v) is 1.23. The van der Waals surface area contributed by atoms with Gasteiger partial charge < -0.3 is 0 Å². The molecule has 0 rings (SSSR count). The van der Waals surface area contributed by atoms with Gasteiger partial charge in [-0.05, 0) is 25.7 Å². The molecule has 0 aromatic carbocycles. The monoisotopic (exact) mass is 276 g/mol. The van der Waals surface area contributed by atoms with E-state index in [2.05, 4.69) is 9.98 Å².